The normalized spacial score (nSPS) is 10.5. The summed E-state index contributed by atoms with van der Waals surface area (Å²) >= 11 is 0. The number of aromatic nitrogens is 1. The first-order valence-corrected chi connectivity index (χ1v) is 6.15. The Bertz CT molecular complexity index is 599. The third-order valence-corrected chi connectivity index (χ3v) is 2.87. The fraction of sp³-hybridized carbons (Fsp3) is 0. The molecule has 1 heterocycles. The first kappa shape index (κ1) is 14.4. The number of nitrogens with zero attached hydrogens (tertiary/aromatic N) is 1. The number of hydrogen-bond acceptors (Lipinski definition) is 4. The minimum absolute atomic E-state index is 0. The Morgan fingerprint density at radius 3 is 1.94 bits per heavy atom. The lowest BCUT2D eigenvalue weighted by Crippen LogP contribution is -1.97. The molecule has 0 fully saturated rings. The average molecular weight is 288 g/mol. The number of ether oxygens (including phenoxy) is 1. The summed E-state index contributed by atoms with van der Waals surface area (Å²) in [4.78, 5) is 3.67. The van der Waals surface area contributed by atoms with Gasteiger partial charge in [-0.1, -0.05) is 0 Å². The van der Waals surface area contributed by atoms with Crippen molar-refractivity contribution < 1.29 is 17.7 Å². The first-order chi connectivity index (χ1) is 8.05. The first-order valence-electron chi connectivity index (χ1n) is 4.71. The molecule has 7 heteroatoms. The fourth-order valence-corrected chi connectivity index (χ4v) is 1.70. The van der Waals surface area contributed by atoms with E-state index in [4.69, 9.17) is 9.29 Å². The minimum Gasteiger partial charge on any atom is -0.457 e. The lowest BCUT2D eigenvalue weighted by molar-refractivity contribution is 0.477. The molecule has 0 radical (unpaired) electrons. The van der Waals surface area contributed by atoms with Gasteiger partial charge >= 0.3 is 0 Å². The minimum atomic E-state index is -4.16. The second-order valence-corrected chi connectivity index (χ2v) is 4.65. The van der Waals surface area contributed by atoms with Gasteiger partial charge in [0, 0.05) is 12.4 Å². The third-order valence-electron chi connectivity index (χ3n) is 2.01. The molecule has 2 aromatic rings. The van der Waals surface area contributed by atoms with Crippen LogP contribution in [0.4, 0.5) is 0 Å². The van der Waals surface area contributed by atoms with Crippen molar-refractivity contribution in [1.29, 1.82) is 0 Å². The average Bonchev–Trinajstić information content (AvgIpc) is 2.30. The van der Waals surface area contributed by atoms with E-state index in [0.29, 0.717) is 11.5 Å². The Labute approximate surface area is 111 Å². The Morgan fingerprint density at radius 2 is 1.44 bits per heavy atom. The zero-order chi connectivity index (χ0) is 12.3. The van der Waals surface area contributed by atoms with E-state index in [9.17, 15) is 8.42 Å². The molecule has 0 saturated carbocycles. The van der Waals surface area contributed by atoms with Gasteiger partial charge in [-0.15, -0.1) is 12.4 Å². The maximum atomic E-state index is 10.8. The van der Waals surface area contributed by atoms with Crippen LogP contribution in [0.2, 0.25) is 0 Å². The van der Waals surface area contributed by atoms with Gasteiger partial charge in [-0.25, -0.2) is 0 Å². The van der Waals surface area contributed by atoms with Crippen LogP contribution in [-0.2, 0) is 10.1 Å². The van der Waals surface area contributed by atoms with Gasteiger partial charge in [-0.05, 0) is 36.4 Å². The Kier molecular flexibility index (Phi) is 4.66. The van der Waals surface area contributed by atoms with Crippen LogP contribution in [0.3, 0.4) is 0 Å². The van der Waals surface area contributed by atoms with E-state index in [-0.39, 0.29) is 17.3 Å². The van der Waals surface area contributed by atoms with Gasteiger partial charge in [0.2, 0.25) is 0 Å². The van der Waals surface area contributed by atoms with Crippen LogP contribution in [0.5, 0.6) is 11.5 Å². The van der Waals surface area contributed by atoms with Crippen molar-refractivity contribution in [3.8, 4) is 11.5 Å². The number of hydrogen-bond donors (Lipinski definition) is 1. The molecule has 1 aromatic carbocycles. The highest BCUT2D eigenvalue weighted by Gasteiger charge is 2.08. The Hall–Kier alpha value is -1.63. The van der Waals surface area contributed by atoms with E-state index < -0.39 is 10.1 Å². The zero-order valence-electron chi connectivity index (χ0n) is 9.05. The number of rotatable bonds is 3. The molecule has 96 valence electrons. The summed E-state index contributed by atoms with van der Waals surface area (Å²) < 4.78 is 35.8. The number of benzene rings is 1. The van der Waals surface area contributed by atoms with Crippen LogP contribution >= 0.6 is 12.4 Å². The Morgan fingerprint density at radius 1 is 0.944 bits per heavy atom. The molecule has 0 bridgehead atoms. The van der Waals surface area contributed by atoms with Crippen LogP contribution in [0, 0.1) is 0 Å². The summed E-state index contributed by atoms with van der Waals surface area (Å²) in [5.41, 5.74) is 0. The van der Waals surface area contributed by atoms with Crippen molar-refractivity contribution in [3.63, 3.8) is 0 Å². The van der Waals surface area contributed by atoms with Crippen molar-refractivity contribution in [1.82, 2.24) is 4.98 Å². The molecule has 0 amide bonds. The molecule has 0 aliphatic carbocycles. The summed E-state index contributed by atoms with van der Waals surface area (Å²) in [5.74, 6) is 1.07. The maximum Gasteiger partial charge on any atom is 0.294 e. The highest BCUT2D eigenvalue weighted by atomic mass is 35.5. The van der Waals surface area contributed by atoms with E-state index in [1.807, 2.05) is 0 Å². The van der Waals surface area contributed by atoms with E-state index in [0.717, 1.165) is 0 Å². The molecule has 18 heavy (non-hydrogen) atoms. The molecule has 0 unspecified atom stereocenters. The van der Waals surface area contributed by atoms with Crippen LogP contribution in [0.15, 0.2) is 53.7 Å². The van der Waals surface area contributed by atoms with Gasteiger partial charge in [-0.3, -0.25) is 9.54 Å². The molecule has 0 spiro atoms. The van der Waals surface area contributed by atoms with Crippen molar-refractivity contribution in [2.45, 2.75) is 4.90 Å². The maximum absolute atomic E-state index is 10.8. The molecule has 0 aliphatic rings. The highest BCUT2D eigenvalue weighted by Crippen LogP contribution is 2.21. The van der Waals surface area contributed by atoms with Crippen molar-refractivity contribution in [2.75, 3.05) is 0 Å². The predicted octanol–water partition coefficient (Wildman–Crippen LogP) is 2.54. The van der Waals surface area contributed by atoms with E-state index in [2.05, 4.69) is 4.98 Å². The zero-order valence-corrected chi connectivity index (χ0v) is 10.7. The topological polar surface area (TPSA) is 76.5 Å². The molecule has 1 N–H and O–H groups in total. The van der Waals surface area contributed by atoms with E-state index >= 15 is 0 Å². The van der Waals surface area contributed by atoms with Crippen molar-refractivity contribution in [2.24, 2.45) is 0 Å². The van der Waals surface area contributed by atoms with Gasteiger partial charge in [0.05, 0.1) is 4.90 Å². The van der Waals surface area contributed by atoms with Crippen LogP contribution in [0.25, 0.3) is 0 Å². The van der Waals surface area contributed by atoms with Gasteiger partial charge < -0.3 is 4.74 Å². The smallest absolute Gasteiger partial charge is 0.294 e. The van der Waals surface area contributed by atoms with Crippen molar-refractivity contribution in [3.05, 3.63) is 48.8 Å². The SMILES string of the molecule is Cl.O=S(=O)(O)c1ccc(Oc2ccncc2)cc1. The third kappa shape index (κ3) is 3.69. The molecular weight excluding hydrogens is 278 g/mol. The lowest BCUT2D eigenvalue weighted by atomic mass is 10.3. The summed E-state index contributed by atoms with van der Waals surface area (Å²) in [6, 6.07) is 8.82. The van der Waals surface area contributed by atoms with E-state index in [1.54, 1.807) is 24.5 Å². The van der Waals surface area contributed by atoms with Crippen LogP contribution in [-0.4, -0.2) is 18.0 Å². The second kappa shape index (κ2) is 5.81. The highest BCUT2D eigenvalue weighted by molar-refractivity contribution is 7.85. The summed E-state index contributed by atoms with van der Waals surface area (Å²) in [6.45, 7) is 0. The van der Waals surface area contributed by atoms with Gasteiger partial charge in [0.15, 0.2) is 0 Å². The van der Waals surface area contributed by atoms with Gasteiger partial charge in [-0.2, -0.15) is 8.42 Å². The molecule has 1 aromatic heterocycles. The quantitative estimate of drug-likeness (QED) is 0.878. The van der Waals surface area contributed by atoms with Crippen LogP contribution in [0.1, 0.15) is 0 Å². The number of pyridine rings is 1. The van der Waals surface area contributed by atoms with E-state index in [1.165, 1.54) is 24.3 Å². The molecular formula is C11H10ClNO4S. The molecule has 2 rings (SSSR count). The lowest BCUT2D eigenvalue weighted by Gasteiger charge is -2.05. The summed E-state index contributed by atoms with van der Waals surface area (Å²) in [6.07, 6.45) is 3.17. The largest absolute Gasteiger partial charge is 0.457 e. The van der Waals surface area contributed by atoms with Crippen molar-refractivity contribution >= 4 is 22.5 Å². The van der Waals surface area contributed by atoms with Crippen LogP contribution < -0.4 is 4.74 Å². The standard InChI is InChI=1S/C11H9NO4S.ClH/c13-17(14,15)11-3-1-9(2-4-11)16-10-5-7-12-8-6-10;/h1-8H,(H,13,14,15);1H. The summed E-state index contributed by atoms with van der Waals surface area (Å²) in [5, 5.41) is 0. The molecule has 0 aliphatic heterocycles. The van der Waals surface area contributed by atoms with Gasteiger partial charge in [0.25, 0.3) is 10.1 Å². The molecule has 0 atom stereocenters. The monoisotopic (exact) mass is 287 g/mol. The number of halogens is 1. The van der Waals surface area contributed by atoms with Gasteiger partial charge in [0.1, 0.15) is 11.5 Å². The predicted molar refractivity (Wildman–Crippen MR) is 67.8 cm³/mol. The summed E-state index contributed by atoms with van der Waals surface area (Å²) in [7, 11) is -4.16. The molecule has 0 saturated heterocycles. The second-order valence-electron chi connectivity index (χ2n) is 3.23. The molecule has 5 nitrogen and oxygen atoms in total. The Balaban J connectivity index is 0.00000162. The fourth-order valence-electron chi connectivity index (χ4n) is 1.22.